The van der Waals surface area contributed by atoms with Gasteiger partial charge in [0.1, 0.15) is 11.5 Å². The number of hydrogen-bond donors (Lipinski definition) is 1. The fourth-order valence-electron chi connectivity index (χ4n) is 1.81. The highest BCUT2D eigenvalue weighted by atomic mass is 16.5. The van der Waals surface area contributed by atoms with Gasteiger partial charge in [-0.25, -0.2) is 0 Å². The van der Waals surface area contributed by atoms with Crippen LogP contribution in [0.2, 0.25) is 0 Å². The molecule has 2 rings (SSSR count). The summed E-state index contributed by atoms with van der Waals surface area (Å²) in [5.41, 5.74) is 1.15. The van der Waals surface area contributed by atoms with E-state index >= 15 is 0 Å². The van der Waals surface area contributed by atoms with E-state index < -0.39 is 6.10 Å². The number of amides is 1. The number of ether oxygens (including phenoxy) is 2. The first-order valence-corrected chi connectivity index (χ1v) is 6.74. The standard InChI is InChI=1S/C17H16N2O3/c1-12(22-16-5-3-4-13(10-16)11-18)17(20)19-14-6-8-15(21-2)9-7-14/h3-10,12H,1-2H3,(H,19,20). The second-order valence-corrected chi connectivity index (χ2v) is 4.62. The molecule has 112 valence electrons. The molecule has 1 amide bonds. The van der Waals surface area contributed by atoms with Gasteiger partial charge in [0.05, 0.1) is 18.7 Å². The zero-order valence-electron chi connectivity index (χ0n) is 12.4. The van der Waals surface area contributed by atoms with Crippen LogP contribution < -0.4 is 14.8 Å². The molecular formula is C17H16N2O3. The fourth-order valence-corrected chi connectivity index (χ4v) is 1.81. The van der Waals surface area contributed by atoms with E-state index in [1.165, 1.54) is 0 Å². The molecule has 1 atom stereocenters. The molecular weight excluding hydrogens is 280 g/mol. The largest absolute Gasteiger partial charge is 0.497 e. The molecule has 5 nitrogen and oxygen atoms in total. The van der Waals surface area contributed by atoms with Crippen LogP contribution in [0.4, 0.5) is 5.69 Å². The van der Waals surface area contributed by atoms with Crippen LogP contribution in [0.3, 0.4) is 0 Å². The first kappa shape index (κ1) is 15.4. The summed E-state index contributed by atoms with van der Waals surface area (Å²) in [4.78, 5) is 12.1. The molecule has 0 saturated heterocycles. The third kappa shape index (κ3) is 4.00. The predicted octanol–water partition coefficient (Wildman–Crippen LogP) is 2.97. The molecule has 22 heavy (non-hydrogen) atoms. The Morgan fingerprint density at radius 3 is 2.55 bits per heavy atom. The molecule has 2 aromatic carbocycles. The van der Waals surface area contributed by atoms with Crippen molar-refractivity contribution in [3.05, 3.63) is 54.1 Å². The average molecular weight is 296 g/mol. The van der Waals surface area contributed by atoms with E-state index in [0.717, 1.165) is 5.75 Å². The lowest BCUT2D eigenvalue weighted by Crippen LogP contribution is -2.30. The van der Waals surface area contributed by atoms with Crippen molar-refractivity contribution in [2.45, 2.75) is 13.0 Å². The Kier molecular flexibility index (Phi) is 4.99. The number of carbonyl (C=O) groups is 1. The number of carbonyl (C=O) groups excluding carboxylic acids is 1. The number of rotatable bonds is 5. The molecule has 0 fully saturated rings. The molecule has 0 saturated carbocycles. The Morgan fingerprint density at radius 2 is 1.91 bits per heavy atom. The van der Waals surface area contributed by atoms with Crippen molar-refractivity contribution < 1.29 is 14.3 Å². The van der Waals surface area contributed by atoms with E-state index in [1.807, 2.05) is 6.07 Å². The van der Waals surface area contributed by atoms with Gasteiger partial charge < -0.3 is 14.8 Å². The van der Waals surface area contributed by atoms with Crippen LogP contribution in [0.1, 0.15) is 12.5 Å². The number of hydrogen-bond acceptors (Lipinski definition) is 4. The molecule has 5 heteroatoms. The summed E-state index contributed by atoms with van der Waals surface area (Å²) in [6, 6.07) is 15.7. The van der Waals surface area contributed by atoms with Crippen molar-refractivity contribution in [1.29, 1.82) is 5.26 Å². The van der Waals surface area contributed by atoms with Gasteiger partial charge in [-0.3, -0.25) is 4.79 Å². The van der Waals surface area contributed by atoms with Gasteiger partial charge in [-0.15, -0.1) is 0 Å². The maximum absolute atomic E-state index is 12.1. The maximum atomic E-state index is 12.1. The van der Waals surface area contributed by atoms with Crippen LogP contribution in [0.5, 0.6) is 11.5 Å². The summed E-state index contributed by atoms with van der Waals surface area (Å²) in [6.07, 6.45) is -0.684. The number of nitrogens with one attached hydrogen (secondary N) is 1. The van der Waals surface area contributed by atoms with E-state index in [9.17, 15) is 4.79 Å². The second-order valence-electron chi connectivity index (χ2n) is 4.62. The molecule has 0 aliphatic carbocycles. The molecule has 0 bridgehead atoms. The van der Waals surface area contributed by atoms with Gasteiger partial charge in [0.25, 0.3) is 5.91 Å². The smallest absolute Gasteiger partial charge is 0.265 e. The van der Waals surface area contributed by atoms with Crippen LogP contribution in [0.25, 0.3) is 0 Å². The van der Waals surface area contributed by atoms with E-state index in [2.05, 4.69) is 5.32 Å². The lowest BCUT2D eigenvalue weighted by atomic mass is 10.2. The van der Waals surface area contributed by atoms with Crippen molar-refractivity contribution in [3.63, 3.8) is 0 Å². The predicted molar refractivity (Wildman–Crippen MR) is 82.9 cm³/mol. The minimum absolute atomic E-state index is 0.271. The second kappa shape index (κ2) is 7.14. The summed E-state index contributed by atoms with van der Waals surface area (Å²) in [5.74, 6) is 0.930. The molecule has 0 spiro atoms. The topological polar surface area (TPSA) is 71.3 Å². The molecule has 0 aliphatic rings. The minimum atomic E-state index is -0.684. The number of methoxy groups -OCH3 is 1. The average Bonchev–Trinajstić information content (AvgIpc) is 2.55. The van der Waals surface area contributed by atoms with Crippen LogP contribution >= 0.6 is 0 Å². The normalized spacial score (nSPS) is 11.1. The van der Waals surface area contributed by atoms with Gasteiger partial charge in [0, 0.05) is 5.69 Å². The Labute approximate surface area is 129 Å². The molecule has 1 unspecified atom stereocenters. The van der Waals surface area contributed by atoms with Crippen LogP contribution in [0.15, 0.2) is 48.5 Å². The van der Waals surface area contributed by atoms with Crippen molar-refractivity contribution >= 4 is 11.6 Å². The van der Waals surface area contributed by atoms with E-state index in [-0.39, 0.29) is 5.91 Å². The highest BCUT2D eigenvalue weighted by Gasteiger charge is 2.15. The highest BCUT2D eigenvalue weighted by Crippen LogP contribution is 2.17. The van der Waals surface area contributed by atoms with Crippen molar-refractivity contribution in [1.82, 2.24) is 0 Å². The van der Waals surface area contributed by atoms with E-state index in [4.69, 9.17) is 14.7 Å². The monoisotopic (exact) mass is 296 g/mol. The van der Waals surface area contributed by atoms with Crippen LogP contribution in [-0.2, 0) is 4.79 Å². The first-order chi connectivity index (χ1) is 10.6. The summed E-state index contributed by atoms with van der Waals surface area (Å²) >= 11 is 0. The van der Waals surface area contributed by atoms with Gasteiger partial charge in [0.15, 0.2) is 6.10 Å². The molecule has 2 aromatic rings. The Bertz CT molecular complexity index is 690. The zero-order chi connectivity index (χ0) is 15.9. The number of nitriles is 1. The van der Waals surface area contributed by atoms with Crippen molar-refractivity contribution in [2.24, 2.45) is 0 Å². The van der Waals surface area contributed by atoms with Crippen molar-refractivity contribution in [3.8, 4) is 17.6 Å². The highest BCUT2D eigenvalue weighted by molar-refractivity contribution is 5.94. The van der Waals surface area contributed by atoms with Gasteiger partial charge in [-0.1, -0.05) is 6.07 Å². The first-order valence-electron chi connectivity index (χ1n) is 6.74. The van der Waals surface area contributed by atoms with Crippen molar-refractivity contribution in [2.75, 3.05) is 12.4 Å². The van der Waals surface area contributed by atoms with Crippen LogP contribution in [-0.4, -0.2) is 19.1 Å². The number of anilines is 1. The minimum Gasteiger partial charge on any atom is -0.497 e. The summed E-state index contributed by atoms with van der Waals surface area (Å²) in [5, 5.41) is 11.6. The zero-order valence-corrected chi connectivity index (χ0v) is 12.4. The molecule has 0 aliphatic heterocycles. The van der Waals surface area contributed by atoms with Gasteiger partial charge in [-0.2, -0.15) is 5.26 Å². The third-order valence-corrected chi connectivity index (χ3v) is 3.00. The molecule has 1 N–H and O–H groups in total. The number of benzene rings is 2. The SMILES string of the molecule is COc1ccc(NC(=O)C(C)Oc2cccc(C#N)c2)cc1. The lowest BCUT2D eigenvalue weighted by Gasteiger charge is -2.15. The molecule has 0 aromatic heterocycles. The number of nitrogens with zero attached hydrogens (tertiary/aromatic N) is 1. The van der Waals surface area contributed by atoms with Gasteiger partial charge >= 0.3 is 0 Å². The quantitative estimate of drug-likeness (QED) is 0.920. The van der Waals surface area contributed by atoms with E-state index in [0.29, 0.717) is 17.0 Å². The fraction of sp³-hybridized carbons (Fsp3) is 0.176. The summed E-state index contributed by atoms with van der Waals surface area (Å²) < 4.78 is 10.6. The maximum Gasteiger partial charge on any atom is 0.265 e. The van der Waals surface area contributed by atoms with Crippen LogP contribution in [0, 0.1) is 11.3 Å². The molecule has 0 heterocycles. The lowest BCUT2D eigenvalue weighted by molar-refractivity contribution is -0.122. The van der Waals surface area contributed by atoms with Gasteiger partial charge in [0.2, 0.25) is 0 Å². The molecule has 0 radical (unpaired) electrons. The Balaban J connectivity index is 1.97. The van der Waals surface area contributed by atoms with E-state index in [1.54, 1.807) is 62.6 Å². The third-order valence-electron chi connectivity index (χ3n) is 3.00. The summed E-state index contributed by atoms with van der Waals surface area (Å²) in [6.45, 7) is 1.65. The summed E-state index contributed by atoms with van der Waals surface area (Å²) in [7, 11) is 1.58. The van der Waals surface area contributed by atoms with Gasteiger partial charge in [-0.05, 0) is 49.4 Å². The Hall–Kier alpha value is -3.00. The Morgan fingerprint density at radius 1 is 1.18 bits per heavy atom.